The lowest BCUT2D eigenvalue weighted by atomic mass is 10.2. The highest BCUT2D eigenvalue weighted by Gasteiger charge is 2.12. The van der Waals surface area contributed by atoms with Crippen molar-refractivity contribution in [1.82, 2.24) is 9.55 Å². The Balaban J connectivity index is 2.67. The quantitative estimate of drug-likeness (QED) is 0.909. The molecule has 5 nitrogen and oxygen atoms in total. The summed E-state index contributed by atoms with van der Waals surface area (Å²) in [6.45, 7) is 0. The fourth-order valence-electron chi connectivity index (χ4n) is 1.54. The zero-order chi connectivity index (χ0) is 12.4. The first kappa shape index (κ1) is 11.6. The molecule has 0 radical (unpaired) electrons. The summed E-state index contributed by atoms with van der Waals surface area (Å²) in [7, 11) is 3.02. The molecule has 0 aliphatic heterocycles. The van der Waals surface area contributed by atoms with Crippen molar-refractivity contribution in [3.8, 4) is 17.2 Å². The Hall–Kier alpha value is -1.88. The molecule has 0 bridgehead atoms. The van der Waals surface area contributed by atoms with Gasteiger partial charge in [-0.15, -0.1) is 0 Å². The van der Waals surface area contributed by atoms with Crippen LogP contribution >= 0.6 is 11.6 Å². The Morgan fingerprint density at radius 2 is 1.94 bits per heavy atom. The van der Waals surface area contributed by atoms with Crippen LogP contribution in [0.2, 0.25) is 5.02 Å². The standard InChI is InChI=1S/C11H11ClN2O3/c1-16-9-6-8(10(17-2)5-7(9)12)14-4-3-13-11(14)15/h3-6H,1-2H3,(H,13,15). The molecule has 1 heterocycles. The van der Waals surface area contributed by atoms with Crippen molar-refractivity contribution in [3.05, 3.63) is 40.0 Å². The van der Waals surface area contributed by atoms with Crippen LogP contribution in [-0.2, 0) is 0 Å². The summed E-state index contributed by atoms with van der Waals surface area (Å²) in [5.74, 6) is 0.980. The SMILES string of the molecule is COc1cc(-n2cc[nH]c2=O)c(OC)cc1Cl. The number of rotatable bonds is 3. The molecule has 2 rings (SSSR count). The van der Waals surface area contributed by atoms with Gasteiger partial charge in [0.1, 0.15) is 11.5 Å². The third kappa shape index (κ3) is 2.01. The van der Waals surface area contributed by atoms with Gasteiger partial charge in [-0.2, -0.15) is 0 Å². The number of hydrogen-bond donors (Lipinski definition) is 1. The van der Waals surface area contributed by atoms with Crippen molar-refractivity contribution in [2.24, 2.45) is 0 Å². The van der Waals surface area contributed by atoms with Crippen LogP contribution in [-0.4, -0.2) is 23.8 Å². The lowest BCUT2D eigenvalue weighted by molar-refractivity contribution is 0.401. The van der Waals surface area contributed by atoms with Crippen LogP contribution < -0.4 is 15.2 Å². The molecule has 2 aromatic rings. The van der Waals surface area contributed by atoms with Gasteiger partial charge in [0, 0.05) is 24.5 Å². The lowest BCUT2D eigenvalue weighted by Gasteiger charge is -2.11. The van der Waals surface area contributed by atoms with Crippen LogP contribution in [0, 0.1) is 0 Å². The van der Waals surface area contributed by atoms with Crippen LogP contribution in [0.4, 0.5) is 0 Å². The van der Waals surface area contributed by atoms with Gasteiger partial charge in [-0.1, -0.05) is 11.6 Å². The largest absolute Gasteiger partial charge is 0.495 e. The molecule has 0 aliphatic carbocycles. The van der Waals surface area contributed by atoms with Gasteiger partial charge in [0.05, 0.1) is 24.9 Å². The first-order valence-electron chi connectivity index (χ1n) is 4.85. The second-order valence-electron chi connectivity index (χ2n) is 3.29. The third-order valence-corrected chi connectivity index (χ3v) is 2.66. The van der Waals surface area contributed by atoms with Crippen molar-refractivity contribution in [2.45, 2.75) is 0 Å². The Labute approximate surface area is 103 Å². The first-order valence-corrected chi connectivity index (χ1v) is 5.23. The van der Waals surface area contributed by atoms with E-state index in [4.69, 9.17) is 21.1 Å². The van der Waals surface area contributed by atoms with E-state index in [0.29, 0.717) is 22.2 Å². The van der Waals surface area contributed by atoms with E-state index in [-0.39, 0.29) is 5.69 Å². The topological polar surface area (TPSA) is 56.2 Å². The number of aromatic nitrogens is 2. The number of nitrogens with zero attached hydrogens (tertiary/aromatic N) is 1. The highest BCUT2D eigenvalue weighted by Crippen LogP contribution is 2.33. The summed E-state index contributed by atoms with van der Waals surface area (Å²) in [6.07, 6.45) is 3.15. The van der Waals surface area contributed by atoms with Gasteiger partial charge in [-0.05, 0) is 0 Å². The summed E-state index contributed by atoms with van der Waals surface area (Å²) < 4.78 is 11.7. The van der Waals surface area contributed by atoms with E-state index in [0.717, 1.165) is 0 Å². The number of benzene rings is 1. The highest BCUT2D eigenvalue weighted by molar-refractivity contribution is 6.32. The fraction of sp³-hybridized carbons (Fsp3) is 0.182. The normalized spacial score (nSPS) is 10.3. The number of imidazole rings is 1. The van der Waals surface area contributed by atoms with Crippen molar-refractivity contribution in [1.29, 1.82) is 0 Å². The molecule has 0 saturated carbocycles. The number of nitrogens with one attached hydrogen (secondary N) is 1. The Kier molecular flexibility index (Phi) is 3.10. The molecule has 0 saturated heterocycles. The molecule has 6 heteroatoms. The predicted molar refractivity (Wildman–Crippen MR) is 64.5 cm³/mol. The molecule has 0 spiro atoms. The van der Waals surface area contributed by atoms with Crippen LogP contribution in [0.25, 0.3) is 5.69 Å². The second-order valence-corrected chi connectivity index (χ2v) is 3.70. The van der Waals surface area contributed by atoms with Gasteiger partial charge in [0.15, 0.2) is 0 Å². The Morgan fingerprint density at radius 3 is 2.47 bits per heavy atom. The molecular weight excluding hydrogens is 244 g/mol. The maximum Gasteiger partial charge on any atom is 0.330 e. The predicted octanol–water partition coefficient (Wildman–Crippen LogP) is 1.84. The van der Waals surface area contributed by atoms with Crippen molar-refractivity contribution >= 4 is 11.6 Å². The summed E-state index contributed by atoms with van der Waals surface area (Å²) >= 11 is 5.98. The molecule has 0 amide bonds. The van der Waals surface area contributed by atoms with Crippen LogP contribution in [0.1, 0.15) is 0 Å². The summed E-state index contributed by atoms with van der Waals surface area (Å²) in [5, 5.41) is 0.427. The number of H-pyrrole nitrogens is 1. The maximum atomic E-state index is 11.6. The molecule has 0 atom stereocenters. The summed E-state index contributed by atoms with van der Waals surface area (Å²) in [5.41, 5.74) is 0.313. The number of hydrogen-bond acceptors (Lipinski definition) is 3. The van der Waals surface area contributed by atoms with Crippen LogP contribution in [0.3, 0.4) is 0 Å². The van der Waals surface area contributed by atoms with Gasteiger partial charge < -0.3 is 14.5 Å². The van der Waals surface area contributed by atoms with E-state index in [1.807, 2.05) is 0 Å². The molecular formula is C11H11ClN2O3. The summed E-state index contributed by atoms with van der Waals surface area (Å²) in [6, 6.07) is 3.26. The van der Waals surface area contributed by atoms with E-state index in [9.17, 15) is 4.79 Å². The zero-order valence-electron chi connectivity index (χ0n) is 9.36. The minimum Gasteiger partial charge on any atom is -0.495 e. The third-order valence-electron chi connectivity index (χ3n) is 2.36. The number of ether oxygens (including phenoxy) is 2. The first-order chi connectivity index (χ1) is 8.17. The van der Waals surface area contributed by atoms with Gasteiger partial charge in [-0.3, -0.25) is 4.57 Å². The monoisotopic (exact) mass is 254 g/mol. The van der Waals surface area contributed by atoms with Gasteiger partial charge in [0.25, 0.3) is 0 Å². The molecule has 0 aliphatic rings. The van der Waals surface area contributed by atoms with Crippen LogP contribution in [0.15, 0.2) is 29.3 Å². The average molecular weight is 255 g/mol. The molecule has 1 N–H and O–H groups in total. The summed E-state index contributed by atoms with van der Waals surface area (Å²) in [4.78, 5) is 14.1. The molecule has 0 unspecified atom stereocenters. The molecule has 1 aromatic carbocycles. The van der Waals surface area contributed by atoms with Gasteiger partial charge >= 0.3 is 5.69 Å². The molecule has 0 fully saturated rings. The van der Waals surface area contributed by atoms with E-state index < -0.39 is 0 Å². The van der Waals surface area contributed by atoms with Crippen molar-refractivity contribution < 1.29 is 9.47 Å². The fourth-order valence-corrected chi connectivity index (χ4v) is 1.77. The van der Waals surface area contributed by atoms with Crippen LogP contribution in [0.5, 0.6) is 11.5 Å². The molecule has 17 heavy (non-hydrogen) atoms. The number of methoxy groups -OCH3 is 2. The minimum atomic E-state index is -0.257. The molecule has 1 aromatic heterocycles. The number of aromatic amines is 1. The second kappa shape index (κ2) is 4.55. The van der Waals surface area contributed by atoms with Gasteiger partial charge in [0.2, 0.25) is 0 Å². The Bertz CT molecular complexity index is 589. The zero-order valence-corrected chi connectivity index (χ0v) is 10.1. The van der Waals surface area contributed by atoms with Crippen molar-refractivity contribution in [2.75, 3.05) is 14.2 Å². The number of halogens is 1. The van der Waals surface area contributed by atoms with Gasteiger partial charge in [-0.25, -0.2) is 4.79 Å². The van der Waals surface area contributed by atoms with E-state index in [1.165, 1.54) is 18.8 Å². The highest BCUT2D eigenvalue weighted by atomic mass is 35.5. The average Bonchev–Trinajstić information content (AvgIpc) is 2.75. The van der Waals surface area contributed by atoms with E-state index in [2.05, 4.69) is 4.98 Å². The molecule has 90 valence electrons. The Morgan fingerprint density at radius 1 is 1.24 bits per heavy atom. The van der Waals surface area contributed by atoms with E-state index >= 15 is 0 Å². The maximum absolute atomic E-state index is 11.6. The smallest absolute Gasteiger partial charge is 0.330 e. The lowest BCUT2D eigenvalue weighted by Crippen LogP contribution is -2.15. The minimum absolute atomic E-state index is 0.257. The van der Waals surface area contributed by atoms with E-state index in [1.54, 1.807) is 24.5 Å². The van der Waals surface area contributed by atoms with Crippen molar-refractivity contribution in [3.63, 3.8) is 0 Å².